The van der Waals surface area contributed by atoms with Crippen molar-refractivity contribution in [2.75, 3.05) is 0 Å². The maximum atomic E-state index is 12.0. The molecule has 0 rings (SSSR count). The standard InChI is InChI=1S/C13H20O2S/c1-8(2)10(14)12(5,6)13(7,16)11(15)9(3)4/h16H,1,3H2,2,4-7H3. The van der Waals surface area contributed by atoms with Crippen LogP contribution in [0.1, 0.15) is 34.6 Å². The topological polar surface area (TPSA) is 34.1 Å². The smallest absolute Gasteiger partial charge is 0.174 e. The number of carbonyl (C=O) groups is 2. The molecule has 0 saturated heterocycles. The fourth-order valence-electron chi connectivity index (χ4n) is 1.45. The van der Waals surface area contributed by atoms with Crippen LogP contribution >= 0.6 is 12.6 Å². The van der Waals surface area contributed by atoms with Crippen molar-refractivity contribution in [1.82, 2.24) is 0 Å². The first-order valence-electron chi connectivity index (χ1n) is 5.09. The SMILES string of the molecule is C=C(C)C(=O)C(C)(C)C(C)(S)C(=O)C(=C)C. The van der Waals surface area contributed by atoms with Crippen LogP contribution in [-0.2, 0) is 9.59 Å². The second-order valence-electron chi connectivity index (χ2n) is 4.92. The van der Waals surface area contributed by atoms with E-state index in [-0.39, 0.29) is 11.6 Å². The molecule has 90 valence electrons. The van der Waals surface area contributed by atoms with E-state index in [9.17, 15) is 9.59 Å². The first-order chi connectivity index (χ1) is 6.96. The summed E-state index contributed by atoms with van der Waals surface area (Å²) in [4.78, 5) is 24.0. The second-order valence-corrected chi connectivity index (χ2v) is 5.81. The van der Waals surface area contributed by atoms with Crippen LogP contribution in [0.2, 0.25) is 0 Å². The van der Waals surface area contributed by atoms with Gasteiger partial charge in [-0.25, -0.2) is 0 Å². The summed E-state index contributed by atoms with van der Waals surface area (Å²) in [5, 5.41) is 0. The highest BCUT2D eigenvalue weighted by Gasteiger charge is 2.48. The summed E-state index contributed by atoms with van der Waals surface area (Å²) in [5.74, 6) is -0.366. The van der Waals surface area contributed by atoms with E-state index in [1.54, 1.807) is 34.6 Å². The molecule has 0 heterocycles. The Balaban J connectivity index is 5.45. The predicted molar refractivity (Wildman–Crippen MR) is 70.8 cm³/mol. The van der Waals surface area contributed by atoms with Gasteiger partial charge in [-0.1, -0.05) is 27.0 Å². The van der Waals surface area contributed by atoms with Gasteiger partial charge in [0.15, 0.2) is 11.6 Å². The molecule has 0 aromatic carbocycles. The Morgan fingerprint density at radius 1 is 0.938 bits per heavy atom. The zero-order valence-electron chi connectivity index (χ0n) is 10.7. The van der Waals surface area contributed by atoms with Crippen molar-refractivity contribution in [3.8, 4) is 0 Å². The van der Waals surface area contributed by atoms with Crippen LogP contribution in [-0.4, -0.2) is 16.3 Å². The van der Waals surface area contributed by atoms with Crippen LogP contribution in [0.3, 0.4) is 0 Å². The summed E-state index contributed by atoms with van der Waals surface area (Å²) < 4.78 is -1.07. The summed E-state index contributed by atoms with van der Waals surface area (Å²) in [7, 11) is 0. The molecular formula is C13H20O2S. The Hall–Kier alpha value is -0.830. The molecule has 0 aliphatic carbocycles. The number of rotatable bonds is 5. The normalized spacial score (nSPS) is 15.1. The molecule has 0 radical (unpaired) electrons. The fourth-order valence-corrected chi connectivity index (χ4v) is 1.75. The van der Waals surface area contributed by atoms with Crippen molar-refractivity contribution < 1.29 is 9.59 Å². The molecule has 0 spiro atoms. The first kappa shape index (κ1) is 15.2. The van der Waals surface area contributed by atoms with Gasteiger partial charge in [-0.15, -0.1) is 0 Å². The summed E-state index contributed by atoms with van der Waals surface area (Å²) in [6.45, 7) is 15.5. The molecule has 0 aliphatic heterocycles. The van der Waals surface area contributed by atoms with Gasteiger partial charge in [-0.2, -0.15) is 12.6 Å². The number of hydrogen-bond acceptors (Lipinski definition) is 3. The van der Waals surface area contributed by atoms with E-state index < -0.39 is 10.2 Å². The molecule has 0 saturated carbocycles. The molecule has 1 unspecified atom stereocenters. The third-order valence-corrected chi connectivity index (χ3v) is 3.76. The highest BCUT2D eigenvalue weighted by molar-refractivity contribution is 7.82. The van der Waals surface area contributed by atoms with Crippen molar-refractivity contribution >= 4 is 24.2 Å². The number of Topliss-reactive ketones (excluding diaryl/α,β-unsaturated/α-hetero) is 2. The number of carbonyl (C=O) groups excluding carboxylic acids is 2. The van der Waals surface area contributed by atoms with Crippen molar-refractivity contribution in [2.45, 2.75) is 39.4 Å². The summed E-state index contributed by atoms with van der Waals surface area (Å²) in [5.41, 5.74) is -0.0716. The number of hydrogen-bond donors (Lipinski definition) is 1. The van der Waals surface area contributed by atoms with E-state index >= 15 is 0 Å². The van der Waals surface area contributed by atoms with E-state index in [1.165, 1.54) is 0 Å². The second kappa shape index (κ2) is 4.58. The molecule has 16 heavy (non-hydrogen) atoms. The minimum atomic E-state index is -1.07. The van der Waals surface area contributed by atoms with Gasteiger partial charge in [0.25, 0.3) is 0 Å². The highest BCUT2D eigenvalue weighted by Crippen LogP contribution is 2.40. The summed E-state index contributed by atoms with van der Waals surface area (Å²) in [6.07, 6.45) is 0. The van der Waals surface area contributed by atoms with Crippen LogP contribution in [0.5, 0.6) is 0 Å². The van der Waals surface area contributed by atoms with Gasteiger partial charge < -0.3 is 0 Å². The van der Waals surface area contributed by atoms with E-state index in [0.717, 1.165) is 0 Å². The average Bonchev–Trinajstić information content (AvgIpc) is 2.14. The van der Waals surface area contributed by atoms with Gasteiger partial charge in [-0.05, 0) is 31.9 Å². The van der Waals surface area contributed by atoms with Crippen LogP contribution < -0.4 is 0 Å². The molecular weight excluding hydrogens is 220 g/mol. The zero-order chi connectivity index (χ0) is 13.3. The Labute approximate surface area is 103 Å². The van der Waals surface area contributed by atoms with Gasteiger partial charge in [0.05, 0.1) is 4.75 Å². The molecule has 0 fully saturated rings. The quantitative estimate of drug-likeness (QED) is 0.592. The zero-order valence-corrected chi connectivity index (χ0v) is 11.6. The van der Waals surface area contributed by atoms with Crippen molar-refractivity contribution in [3.63, 3.8) is 0 Å². The monoisotopic (exact) mass is 240 g/mol. The Kier molecular flexibility index (Phi) is 4.34. The molecule has 0 N–H and O–H groups in total. The van der Waals surface area contributed by atoms with Crippen molar-refractivity contribution in [3.05, 3.63) is 24.3 Å². The minimum absolute atomic E-state index is 0.153. The van der Waals surface area contributed by atoms with E-state index in [4.69, 9.17) is 0 Å². The molecule has 0 amide bonds. The predicted octanol–water partition coefficient (Wildman–Crippen LogP) is 2.99. The van der Waals surface area contributed by atoms with Gasteiger partial charge in [-0.3, -0.25) is 9.59 Å². The average molecular weight is 240 g/mol. The van der Waals surface area contributed by atoms with Crippen molar-refractivity contribution in [2.24, 2.45) is 5.41 Å². The molecule has 1 atom stereocenters. The molecule has 0 bridgehead atoms. The Morgan fingerprint density at radius 2 is 1.25 bits per heavy atom. The molecule has 0 aliphatic rings. The van der Waals surface area contributed by atoms with Crippen molar-refractivity contribution in [1.29, 1.82) is 0 Å². The highest BCUT2D eigenvalue weighted by atomic mass is 32.1. The van der Waals surface area contributed by atoms with E-state index in [0.29, 0.717) is 11.1 Å². The first-order valence-corrected chi connectivity index (χ1v) is 5.54. The third kappa shape index (κ3) is 2.46. The lowest BCUT2D eigenvalue weighted by Gasteiger charge is -2.38. The maximum absolute atomic E-state index is 12.0. The molecule has 2 nitrogen and oxygen atoms in total. The van der Waals surface area contributed by atoms with Gasteiger partial charge in [0, 0.05) is 5.41 Å². The lowest BCUT2D eigenvalue weighted by molar-refractivity contribution is -0.130. The lowest BCUT2D eigenvalue weighted by Crippen LogP contribution is -2.49. The third-order valence-electron chi connectivity index (χ3n) is 3.00. The lowest BCUT2D eigenvalue weighted by atomic mass is 9.71. The van der Waals surface area contributed by atoms with Crippen LogP contribution in [0, 0.1) is 5.41 Å². The number of allylic oxidation sites excluding steroid dienone is 2. The van der Waals surface area contributed by atoms with Crippen LogP contribution in [0.4, 0.5) is 0 Å². The van der Waals surface area contributed by atoms with Crippen LogP contribution in [0.15, 0.2) is 24.3 Å². The van der Waals surface area contributed by atoms with Gasteiger partial charge in [0.2, 0.25) is 0 Å². The Bertz CT molecular complexity index is 326. The molecule has 0 aromatic heterocycles. The minimum Gasteiger partial charge on any atom is -0.294 e. The largest absolute Gasteiger partial charge is 0.294 e. The van der Waals surface area contributed by atoms with Gasteiger partial charge in [0.1, 0.15) is 0 Å². The molecule has 3 heteroatoms. The fraction of sp³-hybridized carbons (Fsp3) is 0.538. The number of thiol groups is 1. The maximum Gasteiger partial charge on any atom is 0.174 e. The van der Waals surface area contributed by atoms with Gasteiger partial charge >= 0.3 is 0 Å². The summed E-state index contributed by atoms with van der Waals surface area (Å²) >= 11 is 4.36. The van der Waals surface area contributed by atoms with E-state index in [2.05, 4.69) is 25.8 Å². The number of ketones is 2. The Morgan fingerprint density at radius 3 is 1.50 bits per heavy atom. The van der Waals surface area contributed by atoms with E-state index in [1.807, 2.05) is 0 Å². The molecule has 0 aromatic rings. The van der Waals surface area contributed by atoms with Crippen LogP contribution in [0.25, 0.3) is 0 Å². The summed E-state index contributed by atoms with van der Waals surface area (Å²) in [6, 6.07) is 0.